The van der Waals surface area contributed by atoms with E-state index in [1.165, 1.54) is 6.08 Å². The van der Waals surface area contributed by atoms with Gasteiger partial charge in [-0.05, 0) is 74.3 Å². The van der Waals surface area contributed by atoms with Crippen LogP contribution in [0, 0.1) is 12.3 Å². The highest BCUT2D eigenvalue weighted by atomic mass is 16.3. The van der Waals surface area contributed by atoms with Gasteiger partial charge in [0.25, 0.3) is 0 Å². The number of aryl methyl sites for hydroxylation is 1. The van der Waals surface area contributed by atoms with E-state index in [9.17, 15) is 14.7 Å². The van der Waals surface area contributed by atoms with Crippen LogP contribution < -0.4 is 5.32 Å². The minimum Gasteiger partial charge on any atom is -0.393 e. The number of aliphatic hydroxyl groups excluding tert-OH is 1. The molecule has 1 saturated carbocycles. The Morgan fingerprint density at radius 1 is 1.23 bits per heavy atom. The number of aliphatic hydroxyl groups is 1. The van der Waals surface area contributed by atoms with Gasteiger partial charge >= 0.3 is 0 Å². The molecule has 31 heavy (non-hydrogen) atoms. The van der Waals surface area contributed by atoms with Gasteiger partial charge in [0.15, 0.2) is 11.6 Å². The average Bonchev–Trinajstić information content (AvgIpc) is 3.04. The predicted octanol–water partition coefficient (Wildman–Crippen LogP) is 5.02. The number of nitrogens with one attached hydrogen (secondary N) is 1. The maximum absolute atomic E-state index is 12.8. The van der Waals surface area contributed by atoms with Crippen molar-refractivity contribution in [2.24, 2.45) is 5.41 Å². The SMILES string of the molecule is C=CC(=O)c1ccc(-n2cc(C)c3c2CC(C)(C)CC3=O)cc1NC1CCC(O)CC1. The number of carbonyl (C=O) groups is 2. The number of fused-ring (bicyclic) bond motifs is 1. The molecule has 0 aliphatic heterocycles. The normalized spacial score (nSPS) is 22.6. The Morgan fingerprint density at radius 2 is 1.94 bits per heavy atom. The summed E-state index contributed by atoms with van der Waals surface area (Å²) >= 11 is 0. The quantitative estimate of drug-likeness (QED) is 0.526. The fraction of sp³-hybridized carbons (Fsp3) is 0.462. The highest BCUT2D eigenvalue weighted by Gasteiger charge is 2.35. The lowest BCUT2D eigenvalue weighted by molar-refractivity contribution is 0.0909. The molecule has 0 spiro atoms. The Morgan fingerprint density at radius 3 is 2.61 bits per heavy atom. The number of ketones is 2. The molecule has 5 nitrogen and oxygen atoms in total. The van der Waals surface area contributed by atoms with Crippen LogP contribution in [-0.4, -0.2) is 33.4 Å². The van der Waals surface area contributed by atoms with Crippen molar-refractivity contribution < 1.29 is 14.7 Å². The van der Waals surface area contributed by atoms with Gasteiger partial charge < -0.3 is 15.0 Å². The molecule has 0 unspecified atom stereocenters. The zero-order valence-corrected chi connectivity index (χ0v) is 18.7. The van der Waals surface area contributed by atoms with Crippen LogP contribution in [0.1, 0.15) is 77.9 Å². The molecule has 4 rings (SSSR count). The first-order valence-electron chi connectivity index (χ1n) is 11.2. The summed E-state index contributed by atoms with van der Waals surface area (Å²) in [6, 6.07) is 6.01. The number of nitrogens with zero attached hydrogens (tertiary/aromatic N) is 1. The molecule has 2 aromatic rings. The third-order valence-electron chi connectivity index (χ3n) is 6.65. The fourth-order valence-electron chi connectivity index (χ4n) is 5.07. The lowest BCUT2D eigenvalue weighted by atomic mass is 9.75. The Labute approximate surface area is 184 Å². The van der Waals surface area contributed by atoms with Crippen LogP contribution >= 0.6 is 0 Å². The van der Waals surface area contributed by atoms with E-state index in [-0.39, 0.29) is 29.1 Å². The van der Waals surface area contributed by atoms with Crippen molar-refractivity contribution in [2.75, 3.05) is 5.32 Å². The summed E-state index contributed by atoms with van der Waals surface area (Å²) in [5, 5.41) is 13.4. The zero-order valence-electron chi connectivity index (χ0n) is 18.7. The van der Waals surface area contributed by atoms with Crippen molar-refractivity contribution in [3.05, 3.63) is 59.4 Å². The van der Waals surface area contributed by atoms with Crippen LogP contribution in [-0.2, 0) is 6.42 Å². The molecule has 1 heterocycles. The first-order valence-corrected chi connectivity index (χ1v) is 11.2. The maximum atomic E-state index is 12.8. The van der Waals surface area contributed by atoms with Crippen molar-refractivity contribution >= 4 is 17.3 Å². The minimum atomic E-state index is -0.228. The fourth-order valence-corrected chi connectivity index (χ4v) is 5.07. The van der Waals surface area contributed by atoms with E-state index < -0.39 is 0 Å². The summed E-state index contributed by atoms with van der Waals surface area (Å²) < 4.78 is 2.11. The Hall–Kier alpha value is -2.66. The Balaban J connectivity index is 1.75. The number of hydrogen-bond acceptors (Lipinski definition) is 4. The van der Waals surface area contributed by atoms with Gasteiger partial charge in [-0.15, -0.1) is 0 Å². The smallest absolute Gasteiger partial charge is 0.187 e. The number of carbonyl (C=O) groups excluding carboxylic acids is 2. The second kappa shape index (κ2) is 8.12. The predicted molar refractivity (Wildman–Crippen MR) is 123 cm³/mol. The summed E-state index contributed by atoms with van der Waals surface area (Å²) in [5.41, 5.74) is 5.14. The molecular weight excluding hydrogens is 388 g/mol. The largest absolute Gasteiger partial charge is 0.393 e. The number of benzene rings is 1. The topological polar surface area (TPSA) is 71.3 Å². The molecule has 1 aromatic heterocycles. The van der Waals surface area contributed by atoms with Gasteiger partial charge in [-0.2, -0.15) is 0 Å². The molecule has 5 heteroatoms. The monoisotopic (exact) mass is 420 g/mol. The van der Waals surface area contributed by atoms with Gasteiger partial charge in [0.05, 0.1) is 6.10 Å². The van der Waals surface area contributed by atoms with Crippen LogP contribution in [0.3, 0.4) is 0 Å². The molecule has 164 valence electrons. The molecule has 2 N–H and O–H groups in total. The standard InChI is InChI=1S/C26H32N2O3/c1-5-23(30)20-11-8-18(12-21(20)27-17-6-9-19(29)10-7-17)28-15-16(2)25-22(28)13-26(3,4)14-24(25)31/h5,8,11-12,15,17,19,27,29H,1,6-7,9-10,13-14H2,2-4H3. The number of rotatable bonds is 5. The zero-order chi connectivity index (χ0) is 22.3. The summed E-state index contributed by atoms with van der Waals surface area (Å²) in [7, 11) is 0. The second-order valence-corrected chi connectivity index (χ2v) is 9.89. The first kappa shape index (κ1) is 21.6. The molecule has 2 aliphatic rings. The molecule has 0 atom stereocenters. The van der Waals surface area contributed by atoms with Crippen molar-refractivity contribution in [1.82, 2.24) is 4.57 Å². The lowest BCUT2D eigenvalue weighted by Gasteiger charge is -2.30. The van der Waals surface area contributed by atoms with Gasteiger partial charge in [-0.1, -0.05) is 20.4 Å². The maximum Gasteiger partial charge on any atom is 0.187 e. The summed E-state index contributed by atoms with van der Waals surface area (Å²) in [5.74, 6) is 0.0898. The van der Waals surface area contributed by atoms with Gasteiger partial charge in [0.1, 0.15) is 0 Å². The van der Waals surface area contributed by atoms with Crippen molar-refractivity contribution in [3.8, 4) is 5.69 Å². The van der Waals surface area contributed by atoms with Crippen LogP contribution in [0.4, 0.5) is 5.69 Å². The van der Waals surface area contributed by atoms with Gasteiger partial charge in [-0.3, -0.25) is 9.59 Å². The van der Waals surface area contributed by atoms with E-state index in [0.717, 1.165) is 60.3 Å². The third-order valence-corrected chi connectivity index (χ3v) is 6.65. The van der Waals surface area contributed by atoms with Crippen LogP contribution in [0.15, 0.2) is 37.1 Å². The van der Waals surface area contributed by atoms with E-state index in [0.29, 0.717) is 12.0 Å². The molecule has 0 saturated heterocycles. The van der Waals surface area contributed by atoms with Crippen LogP contribution in [0.5, 0.6) is 0 Å². The molecule has 1 aromatic carbocycles. The summed E-state index contributed by atoms with van der Waals surface area (Å²) in [4.78, 5) is 25.3. The number of anilines is 1. The molecular formula is C26H32N2O3. The van der Waals surface area contributed by atoms with E-state index in [1.54, 1.807) is 0 Å². The van der Waals surface area contributed by atoms with Crippen molar-refractivity contribution in [2.45, 2.75) is 71.4 Å². The third kappa shape index (κ3) is 4.24. The van der Waals surface area contributed by atoms with Gasteiger partial charge in [-0.25, -0.2) is 0 Å². The minimum absolute atomic E-state index is 0.0740. The number of aromatic nitrogens is 1. The van der Waals surface area contributed by atoms with Gasteiger partial charge in [0, 0.05) is 46.9 Å². The average molecular weight is 421 g/mol. The van der Waals surface area contributed by atoms with Crippen molar-refractivity contribution in [1.29, 1.82) is 0 Å². The number of allylic oxidation sites excluding steroid dienone is 1. The van der Waals surface area contributed by atoms with Crippen LogP contribution in [0.25, 0.3) is 5.69 Å². The van der Waals surface area contributed by atoms with E-state index in [1.807, 2.05) is 31.3 Å². The molecule has 2 aliphatic carbocycles. The highest BCUT2D eigenvalue weighted by molar-refractivity contribution is 6.08. The first-order chi connectivity index (χ1) is 14.7. The molecule has 0 amide bonds. The van der Waals surface area contributed by atoms with Crippen molar-refractivity contribution in [3.63, 3.8) is 0 Å². The Bertz CT molecular complexity index is 1040. The molecule has 0 radical (unpaired) electrons. The Kier molecular flexibility index (Phi) is 5.65. The van der Waals surface area contributed by atoms with Gasteiger partial charge in [0.2, 0.25) is 0 Å². The van der Waals surface area contributed by atoms with E-state index >= 15 is 0 Å². The molecule has 0 bridgehead atoms. The highest BCUT2D eigenvalue weighted by Crippen LogP contribution is 2.38. The second-order valence-electron chi connectivity index (χ2n) is 9.89. The number of Topliss-reactive ketones (excluding diaryl/α,β-unsaturated/α-hetero) is 1. The van der Waals surface area contributed by atoms with E-state index in [2.05, 4.69) is 30.3 Å². The van der Waals surface area contributed by atoms with Crippen LogP contribution in [0.2, 0.25) is 0 Å². The summed E-state index contributed by atoms with van der Waals surface area (Å²) in [6.07, 6.45) is 7.82. The van der Waals surface area contributed by atoms with E-state index in [4.69, 9.17) is 0 Å². The lowest BCUT2D eigenvalue weighted by Crippen LogP contribution is -2.29. The molecule has 1 fully saturated rings. The number of hydrogen-bond donors (Lipinski definition) is 2. The summed E-state index contributed by atoms with van der Waals surface area (Å²) in [6.45, 7) is 9.91.